The zero-order chi connectivity index (χ0) is 8.85. The Kier molecular flexibility index (Phi) is 4.05. The third kappa shape index (κ3) is 5.23. The molecule has 3 N–H and O–H groups in total. The molecule has 0 rings (SSSR count). The van der Waals surface area contributed by atoms with Gasteiger partial charge in [-0.25, -0.2) is 0 Å². The van der Waals surface area contributed by atoms with Gasteiger partial charge in [0.25, 0.3) is 0 Å². The second-order valence-electron chi connectivity index (χ2n) is 2.03. The van der Waals surface area contributed by atoms with Gasteiger partial charge in [0.2, 0.25) is 18.1 Å². The number of imide groups is 1. The van der Waals surface area contributed by atoms with Crippen LogP contribution in [0.25, 0.3) is 0 Å². The van der Waals surface area contributed by atoms with Gasteiger partial charge in [0.15, 0.2) is 0 Å². The molecule has 11 heavy (non-hydrogen) atoms. The Morgan fingerprint density at radius 1 is 1.64 bits per heavy atom. The third-order valence-electron chi connectivity index (χ3n) is 0.872. The fourth-order valence-corrected chi connectivity index (χ4v) is 0.489. The monoisotopic (exact) mass is 157 g/mol. The van der Waals surface area contributed by atoms with Crippen molar-refractivity contribution in [3.63, 3.8) is 0 Å². The second-order valence-corrected chi connectivity index (χ2v) is 2.03. The number of rotatable bonds is 3. The molecule has 5 nitrogen and oxygen atoms in total. The fourth-order valence-electron chi connectivity index (χ4n) is 0.489. The lowest BCUT2D eigenvalue weighted by molar-refractivity contribution is -0.129. The van der Waals surface area contributed by atoms with E-state index in [4.69, 9.17) is 5.73 Å². The number of amides is 2. The van der Waals surface area contributed by atoms with Gasteiger partial charge in [-0.05, 0) is 0 Å². The predicted molar refractivity (Wildman–Crippen MR) is 37.1 cm³/mol. The van der Waals surface area contributed by atoms with E-state index in [2.05, 4.69) is 0 Å². The molecule has 0 bridgehead atoms. The van der Waals surface area contributed by atoms with Crippen LogP contribution in [0, 0.1) is 0 Å². The van der Waals surface area contributed by atoms with E-state index in [9.17, 15) is 14.4 Å². The number of carbonyl (C=O) groups excluding carboxylic acids is 3. The van der Waals surface area contributed by atoms with Crippen LogP contribution in [0.3, 0.4) is 0 Å². The topological polar surface area (TPSA) is 89.3 Å². The normalized spacial score (nSPS) is 11.8. The first kappa shape index (κ1) is 9.77. The minimum atomic E-state index is -0.950. The lowest BCUT2D eigenvalue weighted by Gasteiger charge is -2.01. The highest BCUT2D eigenvalue weighted by atomic mass is 16.2. The maximum absolute atomic E-state index is 10.6. The molecular formula is C6H9N2O3. The van der Waals surface area contributed by atoms with Crippen LogP contribution in [-0.2, 0) is 14.4 Å². The first-order valence-electron chi connectivity index (χ1n) is 3.00. The summed E-state index contributed by atoms with van der Waals surface area (Å²) in [6.45, 7) is 1.20. The number of nitrogens with two attached hydrogens (primary N) is 1. The van der Waals surface area contributed by atoms with Gasteiger partial charge >= 0.3 is 0 Å². The summed E-state index contributed by atoms with van der Waals surface area (Å²) in [6.07, 6.45) is 1.22. The van der Waals surface area contributed by atoms with E-state index in [1.165, 1.54) is 13.2 Å². The first-order valence-corrected chi connectivity index (χ1v) is 3.00. The molecule has 0 aromatic heterocycles. The first-order chi connectivity index (χ1) is 5.06. The van der Waals surface area contributed by atoms with E-state index >= 15 is 0 Å². The minimum absolute atomic E-state index is 0.205. The van der Waals surface area contributed by atoms with Crippen molar-refractivity contribution in [1.82, 2.24) is 5.32 Å². The predicted octanol–water partition coefficient (Wildman–Crippen LogP) is -1.52. The van der Waals surface area contributed by atoms with Crippen LogP contribution in [0.4, 0.5) is 0 Å². The van der Waals surface area contributed by atoms with Gasteiger partial charge in [-0.3, -0.25) is 19.7 Å². The van der Waals surface area contributed by atoms with Crippen molar-refractivity contribution in [2.24, 2.45) is 5.73 Å². The van der Waals surface area contributed by atoms with Gasteiger partial charge in [0.1, 0.15) is 0 Å². The molecule has 0 heterocycles. The summed E-state index contributed by atoms with van der Waals surface area (Å²) < 4.78 is 0. The molecule has 0 aliphatic rings. The number of hydrogen-bond donors (Lipinski definition) is 2. The van der Waals surface area contributed by atoms with Crippen LogP contribution in [0.5, 0.6) is 0 Å². The molecule has 0 aromatic rings. The van der Waals surface area contributed by atoms with Gasteiger partial charge in [0, 0.05) is 13.3 Å². The SMILES string of the molecule is CC(=O)NC(=O)C[C@H](N)[C]=O. The Balaban J connectivity index is 3.69. The Bertz CT molecular complexity index is 179. The average Bonchev–Trinajstić information content (AvgIpc) is 1.85. The highest BCUT2D eigenvalue weighted by molar-refractivity contribution is 5.95. The van der Waals surface area contributed by atoms with Crippen LogP contribution in [-0.4, -0.2) is 24.1 Å². The van der Waals surface area contributed by atoms with Crippen LogP contribution < -0.4 is 11.1 Å². The molecule has 0 unspecified atom stereocenters. The van der Waals surface area contributed by atoms with Gasteiger partial charge < -0.3 is 5.73 Å². The maximum atomic E-state index is 10.6. The summed E-state index contributed by atoms with van der Waals surface area (Å²) in [5.74, 6) is -1.03. The quantitative estimate of drug-likeness (QED) is 0.520. The molecule has 0 aliphatic heterocycles. The number of hydrogen-bond acceptors (Lipinski definition) is 4. The van der Waals surface area contributed by atoms with Crippen molar-refractivity contribution in [2.45, 2.75) is 19.4 Å². The maximum Gasteiger partial charge on any atom is 0.228 e. The summed E-state index contributed by atoms with van der Waals surface area (Å²) in [5.41, 5.74) is 5.05. The van der Waals surface area contributed by atoms with E-state index in [1.54, 1.807) is 0 Å². The Morgan fingerprint density at radius 3 is 2.55 bits per heavy atom. The largest absolute Gasteiger partial charge is 0.321 e. The number of carbonyl (C=O) groups is 2. The van der Waals surface area contributed by atoms with Gasteiger partial charge in [-0.2, -0.15) is 0 Å². The Hall–Kier alpha value is -1.23. The highest BCUT2D eigenvalue weighted by Crippen LogP contribution is 1.82. The summed E-state index contributed by atoms with van der Waals surface area (Å²) in [7, 11) is 0. The van der Waals surface area contributed by atoms with E-state index in [0.717, 1.165) is 0 Å². The van der Waals surface area contributed by atoms with Crippen molar-refractivity contribution in [2.75, 3.05) is 0 Å². The third-order valence-corrected chi connectivity index (χ3v) is 0.872. The lowest BCUT2D eigenvalue weighted by Crippen LogP contribution is -2.34. The fraction of sp³-hybridized carbons (Fsp3) is 0.500. The minimum Gasteiger partial charge on any atom is -0.321 e. The molecule has 2 amide bonds. The van der Waals surface area contributed by atoms with Crippen molar-refractivity contribution in [3.05, 3.63) is 0 Å². The molecule has 0 aromatic carbocycles. The molecular weight excluding hydrogens is 148 g/mol. The van der Waals surface area contributed by atoms with Crippen molar-refractivity contribution >= 4 is 18.1 Å². The molecule has 0 aliphatic carbocycles. The molecule has 5 heteroatoms. The van der Waals surface area contributed by atoms with E-state index in [-0.39, 0.29) is 6.42 Å². The van der Waals surface area contributed by atoms with Gasteiger partial charge in [0.05, 0.1) is 6.04 Å². The molecule has 0 fully saturated rings. The summed E-state index contributed by atoms with van der Waals surface area (Å²) in [5, 5.41) is 1.97. The van der Waals surface area contributed by atoms with Crippen molar-refractivity contribution in [3.8, 4) is 0 Å². The molecule has 1 radical (unpaired) electrons. The van der Waals surface area contributed by atoms with Crippen molar-refractivity contribution < 1.29 is 14.4 Å². The second kappa shape index (κ2) is 4.56. The molecule has 0 saturated carbocycles. The van der Waals surface area contributed by atoms with Crippen LogP contribution >= 0.6 is 0 Å². The summed E-state index contributed by atoms with van der Waals surface area (Å²) >= 11 is 0. The molecule has 1 atom stereocenters. The highest BCUT2D eigenvalue weighted by Gasteiger charge is 2.09. The van der Waals surface area contributed by atoms with Crippen LogP contribution in [0.2, 0.25) is 0 Å². The van der Waals surface area contributed by atoms with E-state index in [1.807, 2.05) is 5.32 Å². The lowest BCUT2D eigenvalue weighted by atomic mass is 10.2. The molecule has 0 saturated heterocycles. The summed E-state index contributed by atoms with van der Waals surface area (Å²) in [6, 6.07) is -0.950. The molecule has 0 spiro atoms. The molecule has 61 valence electrons. The standard InChI is InChI=1S/C6H9N2O3/c1-4(10)8-6(11)2-5(7)3-9/h5H,2,7H2,1H3,(H,8,10,11)/t5-/m0/s1. The summed E-state index contributed by atoms with van der Waals surface area (Å²) in [4.78, 5) is 30.7. The van der Waals surface area contributed by atoms with Gasteiger partial charge in [-0.15, -0.1) is 0 Å². The number of nitrogens with one attached hydrogen (secondary N) is 1. The zero-order valence-electron chi connectivity index (χ0n) is 6.09. The Morgan fingerprint density at radius 2 is 2.18 bits per heavy atom. The van der Waals surface area contributed by atoms with E-state index < -0.39 is 17.9 Å². The van der Waals surface area contributed by atoms with Crippen molar-refractivity contribution in [1.29, 1.82) is 0 Å². The van der Waals surface area contributed by atoms with Crippen LogP contribution in [0.1, 0.15) is 13.3 Å². The van der Waals surface area contributed by atoms with Gasteiger partial charge in [-0.1, -0.05) is 0 Å². The Labute approximate surface area is 63.9 Å². The van der Waals surface area contributed by atoms with E-state index in [0.29, 0.717) is 0 Å². The smallest absolute Gasteiger partial charge is 0.228 e. The zero-order valence-corrected chi connectivity index (χ0v) is 6.09. The van der Waals surface area contributed by atoms with Crippen LogP contribution in [0.15, 0.2) is 0 Å². The average molecular weight is 157 g/mol.